The van der Waals surface area contributed by atoms with Gasteiger partial charge in [-0.2, -0.15) is 0 Å². The van der Waals surface area contributed by atoms with Crippen LogP contribution in [0.15, 0.2) is 23.1 Å². The molecule has 0 aromatic heterocycles. The molecule has 10 nitrogen and oxygen atoms in total. The Kier molecular flexibility index (Phi) is 6.73. The van der Waals surface area contributed by atoms with Gasteiger partial charge in [0, 0.05) is 32.2 Å². The number of nitro benzene ring substituents is 1. The number of nitrogens with zero attached hydrogens (tertiary/aromatic N) is 3. The summed E-state index contributed by atoms with van der Waals surface area (Å²) < 4.78 is 27.2. The predicted molar refractivity (Wildman–Crippen MR) is 101 cm³/mol. The summed E-state index contributed by atoms with van der Waals surface area (Å²) in [5.41, 5.74) is 5.34. The van der Waals surface area contributed by atoms with Crippen LogP contribution >= 0.6 is 0 Å². The van der Waals surface area contributed by atoms with Gasteiger partial charge in [0.15, 0.2) is 0 Å². The van der Waals surface area contributed by atoms with Gasteiger partial charge in [-0.15, -0.1) is 0 Å². The zero-order valence-electron chi connectivity index (χ0n) is 15.4. The molecule has 1 atom stereocenters. The number of nitrogens with two attached hydrogens (primary N) is 1. The maximum atomic E-state index is 12.4. The summed E-state index contributed by atoms with van der Waals surface area (Å²) in [6.07, 6.45) is 1.32. The van der Waals surface area contributed by atoms with E-state index in [1.807, 2.05) is 19.0 Å². The van der Waals surface area contributed by atoms with Crippen LogP contribution in [0.4, 0.5) is 11.4 Å². The number of likely N-dealkylation sites (N-methyl/N-ethyl adjacent to an activating group) is 1. The van der Waals surface area contributed by atoms with Crippen LogP contribution in [0.3, 0.4) is 0 Å². The first-order chi connectivity index (χ1) is 12.6. The van der Waals surface area contributed by atoms with Gasteiger partial charge in [-0.3, -0.25) is 14.9 Å². The second-order valence-corrected chi connectivity index (χ2v) is 8.56. The normalized spacial score (nSPS) is 17.9. The van der Waals surface area contributed by atoms with Crippen LogP contribution in [0.5, 0.6) is 0 Å². The summed E-state index contributed by atoms with van der Waals surface area (Å²) in [4.78, 5) is 25.7. The van der Waals surface area contributed by atoms with Crippen molar-refractivity contribution in [2.24, 2.45) is 11.7 Å². The molecule has 1 heterocycles. The van der Waals surface area contributed by atoms with E-state index in [1.54, 1.807) is 4.90 Å². The highest BCUT2D eigenvalue weighted by molar-refractivity contribution is 7.89. The van der Waals surface area contributed by atoms with Gasteiger partial charge >= 0.3 is 0 Å². The number of piperidine rings is 1. The van der Waals surface area contributed by atoms with E-state index in [-0.39, 0.29) is 35.3 Å². The molecular weight excluding hydrogens is 374 g/mol. The Hall–Kier alpha value is -2.24. The Labute approximate surface area is 158 Å². The number of amides is 1. The van der Waals surface area contributed by atoms with Crippen LogP contribution in [0.2, 0.25) is 0 Å². The van der Waals surface area contributed by atoms with Gasteiger partial charge < -0.3 is 15.5 Å². The average Bonchev–Trinajstić information content (AvgIpc) is 2.60. The number of carbonyl (C=O) groups excluding carboxylic acids is 1. The molecule has 0 aliphatic carbocycles. The molecule has 2 rings (SSSR count). The molecule has 1 aromatic carbocycles. The Bertz CT molecular complexity index is 811. The lowest BCUT2D eigenvalue weighted by Gasteiger charge is -2.32. The molecule has 0 saturated carbocycles. The summed E-state index contributed by atoms with van der Waals surface area (Å²) in [7, 11) is -0.235. The van der Waals surface area contributed by atoms with Crippen molar-refractivity contribution in [1.82, 2.24) is 9.62 Å². The average molecular weight is 399 g/mol. The highest BCUT2D eigenvalue weighted by Crippen LogP contribution is 2.33. The Morgan fingerprint density at radius 3 is 2.74 bits per heavy atom. The molecule has 1 amide bonds. The second kappa shape index (κ2) is 8.63. The highest BCUT2D eigenvalue weighted by atomic mass is 32.2. The number of carbonyl (C=O) groups is 1. The lowest BCUT2D eigenvalue weighted by atomic mass is 9.97. The number of rotatable bonds is 8. The summed E-state index contributed by atoms with van der Waals surface area (Å²) >= 11 is 0. The van der Waals surface area contributed by atoms with Gasteiger partial charge in [0.1, 0.15) is 5.69 Å². The molecule has 27 heavy (non-hydrogen) atoms. The largest absolute Gasteiger partial charge is 0.369 e. The maximum absolute atomic E-state index is 12.4. The third-order valence-electron chi connectivity index (χ3n) is 4.47. The minimum absolute atomic E-state index is 0.167. The quantitative estimate of drug-likeness (QED) is 0.468. The number of hydrogen-bond donors (Lipinski definition) is 2. The molecule has 1 fully saturated rings. The van der Waals surface area contributed by atoms with Crippen molar-refractivity contribution in [1.29, 1.82) is 0 Å². The monoisotopic (exact) mass is 399 g/mol. The van der Waals surface area contributed by atoms with Crippen LogP contribution < -0.4 is 15.4 Å². The molecule has 1 unspecified atom stereocenters. The standard InChI is InChI=1S/C16H25N5O5S/c1-19(2)9-7-18-27(25,26)13-5-6-14(15(10-13)21(23)24)20-8-3-4-12(11-20)16(17)22/h5-6,10,12,18H,3-4,7-9,11H2,1-2H3,(H2,17,22). The second-order valence-electron chi connectivity index (χ2n) is 6.80. The summed E-state index contributed by atoms with van der Waals surface area (Å²) in [6, 6.07) is 3.82. The van der Waals surface area contributed by atoms with Gasteiger partial charge in [0.2, 0.25) is 15.9 Å². The topological polar surface area (TPSA) is 139 Å². The third kappa shape index (κ3) is 5.37. The molecular formula is C16H25N5O5S. The smallest absolute Gasteiger partial charge is 0.293 e. The molecule has 1 aliphatic heterocycles. The number of nitrogens with one attached hydrogen (secondary N) is 1. The summed E-state index contributed by atoms with van der Waals surface area (Å²) in [6.45, 7) is 1.51. The number of primary amides is 1. The lowest BCUT2D eigenvalue weighted by Crippen LogP contribution is -2.41. The zero-order valence-corrected chi connectivity index (χ0v) is 16.2. The van der Waals surface area contributed by atoms with Gasteiger partial charge in [-0.1, -0.05) is 0 Å². The lowest BCUT2D eigenvalue weighted by molar-refractivity contribution is -0.384. The molecule has 0 radical (unpaired) electrons. The number of benzene rings is 1. The Morgan fingerprint density at radius 1 is 1.44 bits per heavy atom. The van der Waals surface area contributed by atoms with E-state index in [0.29, 0.717) is 25.9 Å². The van der Waals surface area contributed by atoms with E-state index in [4.69, 9.17) is 5.73 Å². The number of anilines is 1. The van der Waals surface area contributed by atoms with E-state index in [2.05, 4.69) is 4.72 Å². The number of hydrogen-bond acceptors (Lipinski definition) is 7. The van der Waals surface area contributed by atoms with Crippen molar-refractivity contribution in [2.45, 2.75) is 17.7 Å². The maximum Gasteiger partial charge on any atom is 0.293 e. The van der Waals surface area contributed by atoms with Crippen molar-refractivity contribution >= 4 is 27.3 Å². The summed E-state index contributed by atoms with van der Waals surface area (Å²) in [5, 5.41) is 11.5. The van der Waals surface area contributed by atoms with E-state index < -0.39 is 20.9 Å². The molecule has 1 saturated heterocycles. The number of nitro groups is 1. The number of sulfonamides is 1. The highest BCUT2D eigenvalue weighted by Gasteiger charge is 2.29. The first-order valence-corrected chi connectivity index (χ1v) is 10.1. The van der Waals surface area contributed by atoms with Crippen LogP contribution in [0.1, 0.15) is 12.8 Å². The molecule has 150 valence electrons. The Morgan fingerprint density at radius 2 is 2.15 bits per heavy atom. The van der Waals surface area contributed by atoms with Crippen molar-refractivity contribution in [2.75, 3.05) is 45.2 Å². The fraction of sp³-hybridized carbons (Fsp3) is 0.562. The van der Waals surface area contributed by atoms with Crippen LogP contribution in [0, 0.1) is 16.0 Å². The minimum atomic E-state index is -3.86. The van der Waals surface area contributed by atoms with Crippen molar-refractivity contribution in [3.05, 3.63) is 28.3 Å². The van der Waals surface area contributed by atoms with Crippen LogP contribution in [-0.2, 0) is 14.8 Å². The van der Waals surface area contributed by atoms with Gasteiger partial charge in [-0.05, 0) is 39.1 Å². The SMILES string of the molecule is CN(C)CCNS(=O)(=O)c1ccc(N2CCCC(C(N)=O)C2)c([N+](=O)[O-])c1. The van der Waals surface area contributed by atoms with E-state index in [9.17, 15) is 23.3 Å². The molecule has 11 heteroatoms. The predicted octanol–water partition coefficient (Wildman–Crippen LogP) is 0.136. The van der Waals surface area contributed by atoms with Crippen LogP contribution in [-0.4, -0.2) is 64.4 Å². The fourth-order valence-electron chi connectivity index (χ4n) is 3.00. The van der Waals surface area contributed by atoms with Crippen molar-refractivity contribution < 1.29 is 18.1 Å². The molecule has 0 bridgehead atoms. The zero-order chi connectivity index (χ0) is 20.2. The van der Waals surface area contributed by atoms with E-state index in [0.717, 1.165) is 6.07 Å². The molecule has 0 spiro atoms. The first-order valence-electron chi connectivity index (χ1n) is 8.59. The van der Waals surface area contributed by atoms with Gasteiger partial charge in [0.05, 0.1) is 15.7 Å². The van der Waals surface area contributed by atoms with Crippen molar-refractivity contribution in [3.8, 4) is 0 Å². The molecule has 1 aliphatic rings. The van der Waals surface area contributed by atoms with E-state index >= 15 is 0 Å². The third-order valence-corrected chi connectivity index (χ3v) is 5.93. The molecule has 3 N–H and O–H groups in total. The van der Waals surface area contributed by atoms with Crippen LogP contribution in [0.25, 0.3) is 0 Å². The molecule has 1 aromatic rings. The van der Waals surface area contributed by atoms with Crippen molar-refractivity contribution in [3.63, 3.8) is 0 Å². The summed E-state index contributed by atoms with van der Waals surface area (Å²) in [5.74, 6) is -0.818. The van der Waals surface area contributed by atoms with Gasteiger partial charge in [-0.25, -0.2) is 13.1 Å². The minimum Gasteiger partial charge on any atom is -0.369 e. The Balaban J connectivity index is 2.29. The first kappa shape index (κ1) is 21.1. The van der Waals surface area contributed by atoms with E-state index in [1.165, 1.54) is 12.1 Å². The van der Waals surface area contributed by atoms with Gasteiger partial charge in [0.25, 0.3) is 5.69 Å². The fourth-order valence-corrected chi connectivity index (χ4v) is 4.04.